The Hall–Kier alpha value is -0.790. The average molecular weight is 180 g/mol. The fourth-order valence-corrected chi connectivity index (χ4v) is 2.73. The van der Waals surface area contributed by atoms with Crippen LogP contribution in [0.25, 0.3) is 0 Å². The highest BCUT2D eigenvalue weighted by Crippen LogP contribution is 2.52. The van der Waals surface area contributed by atoms with Gasteiger partial charge in [-0.25, -0.2) is 4.79 Å². The lowest BCUT2D eigenvalue weighted by Gasteiger charge is -2.30. The summed E-state index contributed by atoms with van der Waals surface area (Å²) in [5.74, 6) is -0.180. The summed E-state index contributed by atoms with van der Waals surface area (Å²) in [6.07, 6.45) is 5.78. The van der Waals surface area contributed by atoms with Gasteiger partial charge in [-0.15, -0.1) is 0 Å². The number of hydrogen-bond acceptors (Lipinski definition) is 2. The van der Waals surface area contributed by atoms with Gasteiger partial charge in [0.1, 0.15) is 6.10 Å². The van der Waals surface area contributed by atoms with Crippen molar-refractivity contribution in [2.45, 2.75) is 39.7 Å². The molecule has 2 atom stereocenters. The molecule has 0 radical (unpaired) electrons. The summed E-state index contributed by atoms with van der Waals surface area (Å²) in [7, 11) is 0. The molecule has 0 unspecified atom stereocenters. The summed E-state index contributed by atoms with van der Waals surface area (Å²) in [5, 5.41) is 0. The molecule has 0 amide bonds. The van der Waals surface area contributed by atoms with E-state index in [1.165, 1.54) is 0 Å². The summed E-state index contributed by atoms with van der Waals surface area (Å²) in [6, 6.07) is 0. The molecular weight excluding hydrogens is 164 g/mol. The molecule has 1 fully saturated rings. The third kappa shape index (κ3) is 1.38. The van der Waals surface area contributed by atoms with Gasteiger partial charge in [0, 0.05) is 11.5 Å². The molecule has 2 heteroatoms. The van der Waals surface area contributed by atoms with Crippen molar-refractivity contribution < 1.29 is 9.53 Å². The van der Waals surface area contributed by atoms with Gasteiger partial charge in [0.25, 0.3) is 0 Å². The second kappa shape index (κ2) is 2.37. The first kappa shape index (κ1) is 8.79. The molecule has 0 saturated heterocycles. The lowest BCUT2D eigenvalue weighted by atomic mass is 9.81. The number of rotatable bonds is 0. The van der Waals surface area contributed by atoms with Crippen LogP contribution in [-0.2, 0) is 9.53 Å². The minimum Gasteiger partial charge on any atom is -0.458 e. The van der Waals surface area contributed by atoms with Crippen LogP contribution in [0, 0.1) is 10.8 Å². The Morgan fingerprint density at radius 1 is 1.46 bits per heavy atom. The van der Waals surface area contributed by atoms with E-state index in [9.17, 15) is 4.79 Å². The van der Waals surface area contributed by atoms with Crippen LogP contribution in [0.1, 0.15) is 33.6 Å². The van der Waals surface area contributed by atoms with Gasteiger partial charge in [-0.1, -0.05) is 26.8 Å². The zero-order valence-corrected chi connectivity index (χ0v) is 8.46. The standard InChI is InChI=1S/C11H16O2/c1-10(2)6-8-11(3,7-10)5-4-9(12)13-8/h4-5,8H,6-7H2,1-3H3/t8-,11-/m0/s1. The minimum atomic E-state index is -0.180. The summed E-state index contributed by atoms with van der Waals surface area (Å²) in [5.41, 5.74) is 0.381. The van der Waals surface area contributed by atoms with Crippen molar-refractivity contribution in [1.29, 1.82) is 0 Å². The summed E-state index contributed by atoms with van der Waals surface area (Å²) in [4.78, 5) is 11.0. The molecule has 1 saturated carbocycles. The maximum absolute atomic E-state index is 11.0. The van der Waals surface area contributed by atoms with E-state index < -0.39 is 0 Å². The summed E-state index contributed by atoms with van der Waals surface area (Å²) < 4.78 is 5.32. The molecule has 2 rings (SSSR count). The number of fused-ring (bicyclic) bond motifs is 1. The molecule has 1 heterocycles. The molecule has 0 aromatic heterocycles. The lowest BCUT2D eigenvalue weighted by Crippen LogP contribution is -2.32. The molecule has 72 valence electrons. The first-order chi connectivity index (χ1) is 5.91. The molecule has 1 aliphatic heterocycles. The SMILES string of the molecule is CC1(C)C[C@@H]2OC(=O)C=C[C@@]2(C)C1. The Kier molecular flexibility index (Phi) is 1.60. The van der Waals surface area contributed by atoms with Gasteiger partial charge in [-0.05, 0) is 18.3 Å². The Balaban J connectivity index is 2.30. The van der Waals surface area contributed by atoms with Crippen LogP contribution in [0.3, 0.4) is 0 Å². The van der Waals surface area contributed by atoms with Gasteiger partial charge in [-0.2, -0.15) is 0 Å². The summed E-state index contributed by atoms with van der Waals surface area (Å²) in [6.45, 7) is 6.64. The highest BCUT2D eigenvalue weighted by molar-refractivity contribution is 5.83. The van der Waals surface area contributed by atoms with Crippen molar-refractivity contribution in [3.05, 3.63) is 12.2 Å². The quantitative estimate of drug-likeness (QED) is 0.535. The average Bonchev–Trinajstić information content (AvgIpc) is 2.18. The zero-order valence-electron chi connectivity index (χ0n) is 8.46. The van der Waals surface area contributed by atoms with Crippen LogP contribution >= 0.6 is 0 Å². The Labute approximate surface area is 79.0 Å². The minimum absolute atomic E-state index is 0.0808. The predicted octanol–water partition coefficient (Wildman–Crippen LogP) is 2.29. The van der Waals surface area contributed by atoms with Gasteiger partial charge in [0.05, 0.1) is 0 Å². The smallest absolute Gasteiger partial charge is 0.330 e. The monoisotopic (exact) mass is 180 g/mol. The van der Waals surface area contributed by atoms with Gasteiger partial charge < -0.3 is 4.74 Å². The van der Waals surface area contributed by atoms with E-state index in [2.05, 4.69) is 20.8 Å². The molecule has 0 N–H and O–H groups in total. The van der Waals surface area contributed by atoms with E-state index in [4.69, 9.17) is 4.74 Å². The molecule has 2 nitrogen and oxygen atoms in total. The third-order valence-corrected chi connectivity index (χ3v) is 3.19. The maximum Gasteiger partial charge on any atom is 0.330 e. The van der Waals surface area contributed by atoms with Crippen molar-refractivity contribution in [2.75, 3.05) is 0 Å². The first-order valence-corrected chi connectivity index (χ1v) is 4.81. The molecule has 0 aromatic rings. The number of carbonyl (C=O) groups excluding carboxylic acids is 1. The summed E-state index contributed by atoms with van der Waals surface area (Å²) >= 11 is 0. The van der Waals surface area contributed by atoms with Crippen molar-refractivity contribution in [1.82, 2.24) is 0 Å². The molecule has 2 aliphatic rings. The number of carbonyl (C=O) groups is 1. The molecule has 0 bridgehead atoms. The fraction of sp³-hybridized carbons (Fsp3) is 0.727. The molecule has 1 aliphatic carbocycles. The largest absolute Gasteiger partial charge is 0.458 e. The fourth-order valence-electron chi connectivity index (χ4n) is 2.73. The maximum atomic E-state index is 11.0. The van der Waals surface area contributed by atoms with Gasteiger partial charge >= 0.3 is 5.97 Å². The van der Waals surface area contributed by atoms with Crippen molar-refractivity contribution >= 4 is 5.97 Å². The number of ether oxygens (including phenoxy) is 1. The van der Waals surface area contributed by atoms with Crippen molar-refractivity contribution in [2.24, 2.45) is 10.8 Å². The Morgan fingerprint density at radius 2 is 2.15 bits per heavy atom. The van der Waals surface area contributed by atoms with Crippen LogP contribution in [0.2, 0.25) is 0 Å². The number of esters is 1. The van der Waals surface area contributed by atoms with E-state index in [-0.39, 0.29) is 17.5 Å². The van der Waals surface area contributed by atoms with Crippen LogP contribution in [0.5, 0.6) is 0 Å². The van der Waals surface area contributed by atoms with E-state index >= 15 is 0 Å². The Morgan fingerprint density at radius 3 is 2.85 bits per heavy atom. The van der Waals surface area contributed by atoms with Crippen LogP contribution in [0.4, 0.5) is 0 Å². The topological polar surface area (TPSA) is 26.3 Å². The van der Waals surface area contributed by atoms with Crippen molar-refractivity contribution in [3.63, 3.8) is 0 Å². The Bertz CT molecular complexity index is 278. The van der Waals surface area contributed by atoms with Crippen molar-refractivity contribution in [3.8, 4) is 0 Å². The van der Waals surface area contributed by atoms with Crippen LogP contribution in [0.15, 0.2) is 12.2 Å². The highest BCUT2D eigenvalue weighted by atomic mass is 16.5. The zero-order chi connectivity index (χ0) is 9.69. The molecular formula is C11H16O2. The third-order valence-electron chi connectivity index (χ3n) is 3.19. The van der Waals surface area contributed by atoms with E-state index in [0.29, 0.717) is 5.41 Å². The normalized spacial score (nSPS) is 41.5. The van der Waals surface area contributed by atoms with Gasteiger partial charge in [-0.3, -0.25) is 0 Å². The van der Waals surface area contributed by atoms with Gasteiger partial charge in [0.2, 0.25) is 0 Å². The second-order valence-electron chi connectivity index (χ2n) is 5.31. The molecule has 0 spiro atoms. The highest BCUT2D eigenvalue weighted by Gasteiger charge is 2.49. The molecule has 0 aromatic carbocycles. The lowest BCUT2D eigenvalue weighted by molar-refractivity contribution is -0.148. The second-order valence-corrected chi connectivity index (χ2v) is 5.31. The van der Waals surface area contributed by atoms with Crippen LogP contribution < -0.4 is 0 Å². The van der Waals surface area contributed by atoms with E-state index in [1.807, 2.05) is 6.08 Å². The molecule has 13 heavy (non-hydrogen) atoms. The van der Waals surface area contributed by atoms with E-state index in [1.54, 1.807) is 6.08 Å². The first-order valence-electron chi connectivity index (χ1n) is 4.81. The predicted molar refractivity (Wildman–Crippen MR) is 50.1 cm³/mol. The van der Waals surface area contributed by atoms with E-state index in [0.717, 1.165) is 12.8 Å². The van der Waals surface area contributed by atoms with Gasteiger partial charge in [0.15, 0.2) is 0 Å². The van der Waals surface area contributed by atoms with Crippen LogP contribution in [-0.4, -0.2) is 12.1 Å². The number of hydrogen-bond donors (Lipinski definition) is 0.